The number of hydrogen-bond donors (Lipinski definition) is 1. The van der Waals surface area contributed by atoms with Crippen LogP contribution in [-0.4, -0.2) is 27.7 Å². The number of para-hydroxylation sites is 1. The Morgan fingerprint density at radius 3 is 2.64 bits per heavy atom. The Morgan fingerprint density at radius 1 is 1.21 bits per heavy atom. The molecule has 1 aromatic heterocycles. The molecule has 0 radical (unpaired) electrons. The lowest BCUT2D eigenvalue weighted by Crippen LogP contribution is -2.18. The van der Waals surface area contributed by atoms with Gasteiger partial charge in [-0.15, -0.1) is 11.8 Å². The lowest BCUT2D eigenvalue weighted by molar-refractivity contribution is -0.122. The summed E-state index contributed by atoms with van der Waals surface area (Å²) >= 11 is 1.81. The van der Waals surface area contributed by atoms with Crippen molar-refractivity contribution in [3.63, 3.8) is 0 Å². The van der Waals surface area contributed by atoms with E-state index in [1.807, 2.05) is 53.0 Å². The van der Waals surface area contributed by atoms with Gasteiger partial charge in [-0.2, -0.15) is 10.2 Å². The molecule has 1 N–H and O–H groups in total. The van der Waals surface area contributed by atoms with Crippen molar-refractivity contribution in [1.29, 1.82) is 0 Å². The highest BCUT2D eigenvalue weighted by Crippen LogP contribution is 2.29. The summed E-state index contributed by atoms with van der Waals surface area (Å²) in [6, 6.07) is 18.3. The van der Waals surface area contributed by atoms with E-state index in [9.17, 15) is 4.79 Å². The summed E-state index contributed by atoms with van der Waals surface area (Å²) in [4.78, 5) is 13.1. The van der Waals surface area contributed by atoms with Gasteiger partial charge < -0.3 is 0 Å². The van der Waals surface area contributed by atoms with Crippen molar-refractivity contribution in [2.45, 2.75) is 24.7 Å². The van der Waals surface area contributed by atoms with Crippen molar-refractivity contribution in [3.8, 4) is 16.9 Å². The van der Waals surface area contributed by atoms with Crippen LogP contribution in [0.2, 0.25) is 0 Å². The van der Waals surface area contributed by atoms with Crippen LogP contribution in [0.25, 0.3) is 16.9 Å². The second kappa shape index (κ2) is 8.44. The minimum absolute atomic E-state index is 0.00538. The van der Waals surface area contributed by atoms with Crippen molar-refractivity contribution in [2.75, 3.05) is 5.75 Å². The molecule has 1 heterocycles. The van der Waals surface area contributed by atoms with Gasteiger partial charge in [0.15, 0.2) is 0 Å². The van der Waals surface area contributed by atoms with E-state index in [1.165, 1.54) is 4.90 Å². The van der Waals surface area contributed by atoms with Gasteiger partial charge in [0.1, 0.15) is 5.69 Å². The minimum atomic E-state index is -0.00538. The third-order valence-electron chi connectivity index (χ3n) is 4.53. The summed E-state index contributed by atoms with van der Waals surface area (Å²) < 4.78 is 1.84. The van der Waals surface area contributed by atoms with Crippen molar-refractivity contribution in [3.05, 3.63) is 66.4 Å². The van der Waals surface area contributed by atoms with E-state index < -0.39 is 0 Å². The van der Waals surface area contributed by atoms with Crippen molar-refractivity contribution < 1.29 is 4.79 Å². The molecular weight excluding hydrogens is 368 g/mol. The van der Waals surface area contributed by atoms with Crippen molar-refractivity contribution in [2.24, 2.45) is 11.0 Å². The maximum Gasteiger partial charge on any atom is 0.243 e. The van der Waals surface area contributed by atoms with Gasteiger partial charge in [0.05, 0.1) is 11.9 Å². The number of amides is 1. The normalized spacial score (nSPS) is 13.8. The number of benzene rings is 2. The lowest BCUT2D eigenvalue weighted by Gasteiger charge is -2.02. The molecule has 1 aliphatic carbocycles. The van der Waals surface area contributed by atoms with Crippen LogP contribution < -0.4 is 5.43 Å². The molecule has 4 rings (SSSR count). The number of hydrazone groups is 1. The Bertz CT molecular complexity index is 976. The molecule has 2 aromatic carbocycles. The predicted octanol–water partition coefficient (Wildman–Crippen LogP) is 4.51. The molecule has 3 aromatic rings. The van der Waals surface area contributed by atoms with E-state index in [2.05, 4.69) is 41.7 Å². The Kier molecular flexibility index (Phi) is 5.58. The van der Waals surface area contributed by atoms with E-state index in [1.54, 1.807) is 6.21 Å². The fourth-order valence-electron chi connectivity index (χ4n) is 2.90. The third-order valence-corrected chi connectivity index (χ3v) is 5.42. The van der Waals surface area contributed by atoms with E-state index in [-0.39, 0.29) is 11.8 Å². The first-order valence-electron chi connectivity index (χ1n) is 9.46. The number of rotatable bonds is 7. The van der Waals surface area contributed by atoms with Gasteiger partial charge in [-0.05, 0) is 42.9 Å². The van der Waals surface area contributed by atoms with Gasteiger partial charge in [-0.3, -0.25) is 4.79 Å². The molecule has 1 fully saturated rings. The number of carbonyl (C=O) groups is 1. The molecule has 28 heavy (non-hydrogen) atoms. The van der Waals surface area contributed by atoms with Gasteiger partial charge in [0.2, 0.25) is 5.91 Å². The zero-order valence-electron chi connectivity index (χ0n) is 15.7. The smallest absolute Gasteiger partial charge is 0.243 e. The summed E-state index contributed by atoms with van der Waals surface area (Å²) in [6.45, 7) is 2.14. The molecule has 0 unspecified atom stereocenters. The molecule has 142 valence electrons. The molecule has 0 saturated heterocycles. The van der Waals surface area contributed by atoms with Gasteiger partial charge in [-0.1, -0.05) is 37.3 Å². The van der Waals surface area contributed by atoms with Gasteiger partial charge in [0.25, 0.3) is 0 Å². The van der Waals surface area contributed by atoms with E-state index >= 15 is 0 Å². The molecule has 6 heteroatoms. The summed E-state index contributed by atoms with van der Waals surface area (Å²) in [6.07, 6.45) is 5.53. The monoisotopic (exact) mass is 390 g/mol. The molecule has 0 bridgehead atoms. The number of carbonyl (C=O) groups excluding carboxylic acids is 1. The quantitative estimate of drug-likeness (QED) is 0.367. The first-order chi connectivity index (χ1) is 13.7. The van der Waals surface area contributed by atoms with Crippen LogP contribution in [0.3, 0.4) is 0 Å². The number of hydrogen-bond acceptors (Lipinski definition) is 4. The van der Waals surface area contributed by atoms with Gasteiger partial charge in [0, 0.05) is 28.1 Å². The summed E-state index contributed by atoms with van der Waals surface area (Å²) in [5, 5.41) is 8.94. The Hall–Kier alpha value is -2.86. The molecule has 5 nitrogen and oxygen atoms in total. The summed E-state index contributed by atoms with van der Waals surface area (Å²) in [5.41, 5.74) is 6.32. The first kappa shape index (κ1) is 18.5. The maximum absolute atomic E-state index is 11.8. The fraction of sp³-hybridized carbons (Fsp3) is 0.227. The van der Waals surface area contributed by atoms with Crippen LogP contribution >= 0.6 is 11.8 Å². The van der Waals surface area contributed by atoms with E-state index in [0.717, 1.165) is 41.1 Å². The Balaban J connectivity index is 1.64. The lowest BCUT2D eigenvalue weighted by atomic mass is 10.1. The average Bonchev–Trinajstić information content (AvgIpc) is 3.50. The van der Waals surface area contributed by atoms with E-state index in [0.29, 0.717) is 0 Å². The molecule has 0 spiro atoms. The second-order valence-corrected chi connectivity index (χ2v) is 8.02. The predicted molar refractivity (Wildman–Crippen MR) is 114 cm³/mol. The largest absolute Gasteiger partial charge is 0.273 e. The standard InChI is InChI=1S/C22H22N4OS/c1-2-28-20-12-10-16(11-13-20)21-18(14-23-24-22(27)17-8-9-17)15-26(25-21)19-6-4-3-5-7-19/h3-7,10-15,17H,2,8-9H2,1H3,(H,24,27)/b23-14-. The average molecular weight is 391 g/mol. The first-order valence-corrected chi connectivity index (χ1v) is 10.4. The molecular formula is C22H22N4OS. The zero-order valence-corrected chi connectivity index (χ0v) is 16.5. The SMILES string of the molecule is CCSc1ccc(-c2nn(-c3ccccc3)cc2/C=N\NC(=O)C2CC2)cc1. The Morgan fingerprint density at radius 2 is 1.96 bits per heavy atom. The molecule has 1 amide bonds. The van der Waals surface area contributed by atoms with E-state index in [4.69, 9.17) is 5.10 Å². The summed E-state index contributed by atoms with van der Waals surface area (Å²) in [5.74, 6) is 1.17. The van der Waals surface area contributed by atoms with Gasteiger partial charge >= 0.3 is 0 Å². The fourth-order valence-corrected chi connectivity index (χ4v) is 3.56. The highest BCUT2D eigenvalue weighted by atomic mass is 32.2. The molecule has 0 aliphatic heterocycles. The number of thioether (sulfide) groups is 1. The van der Waals surface area contributed by atoms with Gasteiger partial charge in [-0.25, -0.2) is 10.1 Å². The molecule has 1 aliphatic rings. The zero-order chi connectivity index (χ0) is 19.3. The topological polar surface area (TPSA) is 59.3 Å². The number of aromatic nitrogens is 2. The number of nitrogens with zero attached hydrogens (tertiary/aromatic N) is 3. The van der Waals surface area contributed by atoms with Crippen molar-refractivity contribution >= 4 is 23.9 Å². The number of nitrogens with one attached hydrogen (secondary N) is 1. The van der Waals surface area contributed by atoms with Crippen LogP contribution in [0.1, 0.15) is 25.3 Å². The summed E-state index contributed by atoms with van der Waals surface area (Å²) in [7, 11) is 0. The maximum atomic E-state index is 11.8. The highest BCUT2D eigenvalue weighted by molar-refractivity contribution is 7.99. The van der Waals surface area contributed by atoms with Crippen LogP contribution in [0.5, 0.6) is 0 Å². The van der Waals surface area contributed by atoms with Crippen LogP contribution in [0.15, 0.2) is 70.8 Å². The van der Waals surface area contributed by atoms with Crippen LogP contribution in [0, 0.1) is 5.92 Å². The van der Waals surface area contributed by atoms with Crippen molar-refractivity contribution in [1.82, 2.24) is 15.2 Å². The Labute approximate surface area is 168 Å². The third kappa shape index (κ3) is 4.34. The van der Waals surface area contributed by atoms with Crippen LogP contribution in [0.4, 0.5) is 0 Å². The molecule has 0 atom stereocenters. The minimum Gasteiger partial charge on any atom is -0.273 e. The van der Waals surface area contributed by atoms with Crippen LogP contribution in [-0.2, 0) is 4.79 Å². The second-order valence-electron chi connectivity index (χ2n) is 6.68. The highest BCUT2D eigenvalue weighted by Gasteiger charge is 2.29. The molecule has 1 saturated carbocycles.